The summed E-state index contributed by atoms with van der Waals surface area (Å²) in [5.74, 6) is -2.05. The van der Waals surface area contributed by atoms with Gasteiger partial charge in [-0.1, -0.05) is 12.1 Å². The van der Waals surface area contributed by atoms with Crippen LogP contribution < -0.4 is 0 Å². The molecule has 0 amide bonds. The Morgan fingerprint density at radius 3 is 2.58 bits per heavy atom. The zero-order chi connectivity index (χ0) is 13.8. The number of esters is 1. The monoisotopic (exact) mass is 260 g/mol. The zero-order valence-electron chi connectivity index (χ0n) is 10.8. The lowest BCUT2D eigenvalue weighted by Gasteiger charge is -2.16. The van der Waals surface area contributed by atoms with Gasteiger partial charge < -0.3 is 9.84 Å². The molecule has 0 aromatic heterocycles. The highest BCUT2D eigenvalue weighted by molar-refractivity contribution is 6.39. The molecular weight excluding hydrogens is 244 g/mol. The third-order valence-corrected chi connectivity index (χ3v) is 3.30. The van der Waals surface area contributed by atoms with Crippen LogP contribution in [0.15, 0.2) is 24.3 Å². The van der Waals surface area contributed by atoms with Crippen LogP contribution in [0, 0.1) is 0 Å². The van der Waals surface area contributed by atoms with E-state index in [1.165, 1.54) is 17.5 Å². The van der Waals surface area contributed by atoms with Crippen molar-refractivity contribution >= 4 is 17.5 Å². The van der Waals surface area contributed by atoms with Crippen molar-refractivity contribution in [2.45, 2.75) is 25.7 Å². The predicted molar refractivity (Wildman–Crippen MR) is 70.7 cm³/mol. The fourth-order valence-electron chi connectivity index (χ4n) is 2.26. The molecule has 0 radical (unpaired) electrons. The van der Waals surface area contributed by atoms with Crippen LogP contribution in [0.1, 0.15) is 29.5 Å². The number of aryl methyl sites for hydroxylation is 2. The van der Waals surface area contributed by atoms with Gasteiger partial charge in [-0.25, -0.2) is 4.79 Å². The summed E-state index contributed by atoms with van der Waals surface area (Å²) < 4.78 is 4.30. The van der Waals surface area contributed by atoms with Crippen molar-refractivity contribution in [3.8, 4) is 0 Å². The smallest absolute Gasteiger partial charge is 0.378 e. The lowest BCUT2D eigenvalue weighted by atomic mass is 9.90. The first-order valence-electron chi connectivity index (χ1n) is 6.27. The minimum Gasteiger partial charge on any atom is -0.507 e. The number of ether oxygens (including phenoxy) is 1. The molecule has 0 unspecified atom stereocenters. The second-order valence-electron chi connectivity index (χ2n) is 4.58. The SMILES string of the molecule is COC(=O)C(=O)/C=C(\O)c1ccc2c(c1)CCCC2. The molecule has 1 N–H and O–H groups in total. The summed E-state index contributed by atoms with van der Waals surface area (Å²) in [6, 6.07) is 5.61. The molecule has 100 valence electrons. The maximum absolute atomic E-state index is 11.3. The van der Waals surface area contributed by atoms with Crippen LogP contribution in [0.4, 0.5) is 0 Å². The molecule has 0 bridgehead atoms. The highest BCUT2D eigenvalue weighted by atomic mass is 16.5. The normalized spacial score (nSPS) is 14.7. The number of aliphatic hydroxyl groups is 1. The second kappa shape index (κ2) is 5.69. The Bertz CT molecular complexity index is 543. The number of rotatable bonds is 3. The Morgan fingerprint density at radius 2 is 1.89 bits per heavy atom. The number of hydrogen-bond donors (Lipinski definition) is 1. The van der Waals surface area contributed by atoms with E-state index < -0.39 is 11.8 Å². The summed E-state index contributed by atoms with van der Waals surface area (Å²) in [5, 5.41) is 9.87. The van der Waals surface area contributed by atoms with Crippen molar-refractivity contribution in [1.82, 2.24) is 0 Å². The van der Waals surface area contributed by atoms with Gasteiger partial charge in [-0.15, -0.1) is 0 Å². The summed E-state index contributed by atoms with van der Waals surface area (Å²) >= 11 is 0. The third-order valence-electron chi connectivity index (χ3n) is 3.30. The molecule has 19 heavy (non-hydrogen) atoms. The summed E-state index contributed by atoms with van der Waals surface area (Å²) in [5.41, 5.74) is 3.05. The Kier molecular flexibility index (Phi) is 4.00. The van der Waals surface area contributed by atoms with Crippen LogP contribution in [0.2, 0.25) is 0 Å². The topological polar surface area (TPSA) is 63.6 Å². The van der Waals surface area contributed by atoms with Gasteiger partial charge in [0.2, 0.25) is 0 Å². The second-order valence-corrected chi connectivity index (χ2v) is 4.58. The molecule has 0 saturated carbocycles. The standard InChI is InChI=1S/C15H16O4/c1-19-15(18)14(17)9-13(16)12-7-6-10-4-2-3-5-11(10)8-12/h6-9,16H,2-5H2,1H3/b13-9-. The lowest BCUT2D eigenvalue weighted by molar-refractivity contribution is -0.149. The number of hydrogen-bond acceptors (Lipinski definition) is 4. The van der Waals surface area contributed by atoms with Crippen LogP contribution in [0.3, 0.4) is 0 Å². The molecule has 0 fully saturated rings. The van der Waals surface area contributed by atoms with Gasteiger partial charge in [0.25, 0.3) is 5.78 Å². The first-order valence-corrected chi connectivity index (χ1v) is 6.27. The molecule has 4 nitrogen and oxygen atoms in total. The van der Waals surface area contributed by atoms with Crippen LogP contribution in [0.5, 0.6) is 0 Å². The number of ketones is 1. The molecule has 0 aliphatic heterocycles. The van der Waals surface area contributed by atoms with Crippen LogP contribution >= 0.6 is 0 Å². The van der Waals surface area contributed by atoms with Crippen molar-refractivity contribution < 1.29 is 19.4 Å². The molecule has 1 aliphatic rings. The third kappa shape index (κ3) is 3.02. The molecule has 0 saturated heterocycles. The quantitative estimate of drug-likeness (QED) is 0.391. The van der Waals surface area contributed by atoms with Gasteiger partial charge in [-0.2, -0.15) is 0 Å². The number of benzene rings is 1. The predicted octanol–water partition coefficient (Wildman–Crippen LogP) is 2.21. The maximum Gasteiger partial charge on any atom is 0.378 e. The van der Waals surface area contributed by atoms with Crippen LogP contribution in [0.25, 0.3) is 5.76 Å². The highest BCUT2D eigenvalue weighted by Gasteiger charge is 2.14. The number of carbonyl (C=O) groups is 2. The fraction of sp³-hybridized carbons (Fsp3) is 0.333. The number of methoxy groups -OCH3 is 1. The lowest BCUT2D eigenvalue weighted by Crippen LogP contribution is -2.13. The average molecular weight is 260 g/mol. The summed E-state index contributed by atoms with van der Waals surface area (Å²) in [4.78, 5) is 22.3. The van der Waals surface area contributed by atoms with Gasteiger partial charge >= 0.3 is 5.97 Å². The number of carbonyl (C=O) groups excluding carboxylic acids is 2. The Morgan fingerprint density at radius 1 is 1.21 bits per heavy atom. The minimum atomic E-state index is -0.982. The van der Waals surface area contributed by atoms with Crippen LogP contribution in [-0.2, 0) is 27.2 Å². The van der Waals surface area contributed by atoms with E-state index in [0.29, 0.717) is 5.56 Å². The summed E-state index contributed by atoms with van der Waals surface area (Å²) in [6.45, 7) is 0. The van der Waals surface area contributed by atoms with Crippen molar-refractivity contribution in [3.63, 3.8) is 0 Å². The van der Waals surface area contributed by atoms with Gasteiger partial charge in [0.1, 0.15) is 5.76 Å². The van der Waals surface area contributed by atoms with Gasteiger partial charge in [-0.3, -0.25) is 4.79 Å². The molecule has 1 aromatic rings. The van der Waals surface area contributed by atoms with Crippen molar-refractivity contribution in [2.24, 2.45) is 0 Å². The molecule has 2 rings (SSSR count). The van der Waals surface area contributed by atoms with Gasteiger partial charge in [-0.05, 0) is 42.9 Å². The van der Waals surface area contributed by atoms with Gasteiger partial charge in [0.15, 0.2) is 0 Å². The van der Waals surface area contributed by atoms with Crippen LogP contribution in [-0.4, -0.2) is 24.0 Å². The number of fused-ring (bicyclic) bond motifs is 1. The van der Waals surface area contributed by atoms with E-state index in [-0.39, 0.29) is 5.76 Å². The van der Waals surface area contributed by atoms with Crippen molar-refractivity contribution in [3.05, 3.63) is 41.0 Å². The van der Waals surface area contributed by atoms with E-state index in [9.17, 15) is 14.7 Å². The Balaban J connectivity index is 2.24. The van der Waals surface area contributed by atoms with E-state index in [1.807, 2.05) is 12.1 Å². The Hall–Kier alpha value is -2.10. The molecular formula is C15H16O4. The van der Waals surface area contributed by atoms with E-state index in [0.717, 1.165) is 32.4 Å². The zero-order valence-corrected chi connectivity index (χ0v) is 10.8. The van der Waals surface area contributed by atoms with E-state index in [4.69, 9.17) is 0 Å². The summed E-state index contributed by atoms with van der Waals surface area (Å²) in [7, 11) is 1.13. The van der Waals surface area contributed by atoms with E-state index in [1.54, 1.807) is 6.07 Å². The largest absolute Gasteiger partial charge is 0.507 e. The van der Waals surface area contributed by atoms with E-state index >= 15 is 0 Å². The average Bonchev–Trinajstić information content (AvgIpc) is 2.45. The maximum atomic E-state index is 11.3. The van der Waals surface area contributed by atoms with E-state index in [2.05, 4.69) is 4.74 Å². The van der Waals surface area contributed by atoms with Crippen molar-refractivity contribution in [1.29, 1.82) is 0 Å². The van der Waals surface area contributed by atoms with Gasteiger partial charge in [0, 0.05) is 11.6 Å². The molecule has 0 heterocycles. The van der Waals surface area contributed by atoms with Crippen molar-refractivity contribution in [2.75, 3.05) is 7.11 Å². The first-order chi connectivity index (χ1) is 9.11. The highest BCUT2D eigenvalue weighted by Crippen LogP contribution is 2.24. The molecule has 0 atom stereocenters. The molecule has 1 aromatic carbocycles. The molecule has 4 heteroatoms. The fourth-order valence-corrected chi connectivity index (χ4v) is 2.26. The first kappa shape index (κ1) is 13.3. The molecule has 1 aliphatic carbocycles. The number of aliphatic hydroxyl groups excluding tert-OH is 1. The minimum absolute atomic E-state index is 0.205. The Labute approximate surface area is 111 Å². The van der Waals surface area contributed by atoms with Gasteiger partial charge in [0.05, 0.1) is 7.11 Å². The molecule has 0 spiro atoms. The summed E-state index contributed by atoms with van der Waals surface area (Å²) in [6.07, 6.45) is 5.27.